The number of likely N-dealkylation sites (tertiary alicyclic amines) is 1. The number of nitrogens with zero attached hydrogens (tertiary/aromatic N) is 3. The van der Waals surface area contributed by atoms with Gasteiger partial charge in [0, 0.05) is 32.8 Å². The molecule has 0 bridgehead atoms. The van der Waals surface area contributed by atoms with Crippen LogP contribution in [-0.4, -0.2) is 44.8 Å². The third-order valence-electron chi connectivity index (χ3n) is 4.39. The van der Waals surface area contributed by atoms with E-state index in [1.807, 2.05) is 29.5 Å². The molecule has 0 radical (unpaired) electrons. The van der Waals surface area contributed by atoms with E-state index in [-0.39, 0.29) is 18.2 Å². The van der Waals surface area contributed by atoms with E-state index in [0.717, 1.165) is 30.0 Å². The molecule has 0 saturated carbocycles. The number of carbonyl (C=O) groups excluding carboxylic acids is 1. The Bertz CT molecular complexity index is 724. The fourth-order valence-electron chi connectivity index (χ4n) is 3.22. The molecule has 2 aromatic heterocycles. The minimum absolute atomic E-state index is 0.00785. The number of piperidine rings is 1. The van der Waals surface area contributed by atoms with E-state index >= 15 is 0 Å². The number of thiophene rings is 1. The summed E-state index contributed by atoms with van der Waals surface area (Å²) in [6, 6.07) is 3.92. The van der Waals surface area contributed by atoms with E-state index in [1.54, 1.807) is 22.2 Å². The average molecular weight is 347 g/mol. The maximum atomic E-state index is 13.0. The molecule has 24 heavy (non-hydrogen) atoms. The van der Waals surface area contributed by atoms with Crippen molar-refractivity contribution in [2.45, 2.75) is 25.7 Å². The van der Waals surface area contributed by atoms with Crippen molar-refractivity contribution >= 4 is 23.2 Å². The summed E-state index contributed by atoms with van der Waals surface area (Å²) in [7, 11) is 1.82. The Morgan fingerprint density at radius 2 is 2.29 bits per heavy atom. The second kappa shape index (κ2) is 7.17. The summed E-state index contributed by atoms with van der Waals surface area (Å²) in [5.41, 5.74) is 1.35. The van der Waals surface area contributed by atoms with Gasteiger partial charge in [0.1, 0.15) is 5.69 Å². The van der Waals surface area contributed by atoms with Crippen molar-refractivity contribution in [3.63, 3.8) is 0 Å². The number of carbonyl (C=O) groups is 2. The molecule has 3 rings (SSSR count). The highest BCUT2D eigenvalue weighted by Crippen LogP contribution is 2.29. The van der Waals surface area contributed by atoms with Gasteiger partial charge in [0.2, 0.25) is 0 Å². The number of hydrogen-bond donors (Lipinski definition) is 1. The first kappa shape index (κ1) is 16.7. The number of amides is 1. The minimum atomic E-state index is -0.773. The smallest absolute Gasteiger partial charge is 0.303 e. The number of carboxylic acid groups (broad SMARTS) is 1. The van der Waals surface area contributed by atoms with Gasteiger partial charge in [-0.15, -0.1) is 11.3 Å². The topological polar surface area (TPSA) is 75.4 Å². The predicted octanol–water partition coefficient (Wildman–Crippen LogP) is 2.87. The lowest BCUT2D eigenvalue weighted by Crippen LogP contribution is -2.40. The predicted molar refractivity (Wildman–Crippen MR) is 92.0 cm³/mol. The van der Waals surface area contributed by atoms with Crippen LogP contribution in [0.15, 0.2) is 23.7 Å². The molecule has 1 amide bonds. The van der Waals surface area contributed by atoms with Crippen molar-refractivity contribution in [3.05, 3.63) is 29.3 Å². The van der Waals surface area contributed by atoms with Gasteiger partial charge in [0.15, 0.2) is 0 Å². The van der Waals surface area contributed by atoms with Crippen LogP contribution < -0.4 is 0 Å². The van der Waals surface area contributed by atoms with Crippen molar-refractivity contribution in [1.82, 2.24) is 14.7 Å². The van der Waals surface area contributed by atoms with Crippen molar-refractivity contribution in [3.8, 4) is 10.6 Å². The summed E-state index contributed by atoms with van der Waals surface area (Å²) in [4.78, 5) is 26.6. The van der Waals surface area contributed by atoms with Crippen LogP contribution in [0, 0.1) is 5.92 Å². The van der Waals surface area contributed by atoms with E-state index in [4.69, 9.17) is 5.11 Å². The molecule has 1 N–H and O–H groups in total. The highest BCUT2D eigenvalue weighted by atomic mass is 32.1. The summed E-state index contributed by atoms with van der Waals surface area (Å²) in [6.07, 6.45) is 4.48. The number of aryl methyl sites for hydroxylation is 1. The first-order chi connectivity index (χ1) is 11.5. The Morgan fingerprint density at radius 3 is 3.00 bits per heavy atom. The average Bonchev–Trinajstić information content (AvgIpc) is 3.21. The molecule has 3 heterocycles. The molecule has 1 aliphatic rings. The van der Waals surface area contributed by atoms with Crippen LogP contribution in [0.4, 0.5) is 0 Å². The molecule has 1 atom stereocenters. The van der Waals surface area contributed by atoms with E-state index in [0.29, 0.717) is 18.5 Å². The van der Waals surface area contributed by atoms with Gasteiger partial charge < -0.3 is 10.0 Å². The quantitative estimate of drug-likeness (QED) is 0.902. The maximum Gasteiger partial charge on any atom is 0.303 e. The van der Waals surface area contributed by atoms with Crippen LogP contribution in [-0.2, 0) is 11.8 Å². The monoisotopic (exact) mass is 347 g/mol. The Labute approximate surface area is 144 Å². The van der Waals surface area contributed by atoms with E-state index in [9.17, 15) is 9.59 Å². The number of rotatable bonds is 5. The number of aromatic nitrogens is 2. The zero-order chi connectivity index (χ0) is 17.1. The van der Waals surface area contributed by atoms with Crippen LogP contribution in [0.25, 0.3) is 10.6 Å². The zero-order valence-electron chi connectivity index (χ0n) is 13.6. The normalized spacial score (nSPS) is 17.9. The van der Waals surface area contributed by atoms with Gasteiger partial charge in [0.05, 0.1) is 10.4 Å². The molecule has 1 fully saturated rings. The summed E-state index contributed by atoms with van der Waals surface area (Å²) in [5, 5.41) is 15.3. The highest BCUT2D eigenvalue weighted by molar-refractivity contribution is 7.13. The Hall–Kier alpha value is -2.15. The molecule has 1 unspecified atom stereocenters. The molecule has 128 valence electrons. The lowest BCUT2D eigenvalue weighted by molar-refractivity contribution is -0.137. The highest BCUT2D eigenvalue weighted by Gasteiger charge is 2.28. The Kier molecular flexibility index (Phi) is 4.99. The fraction of sp³-hybridized carbons (Fsp3) is 0.471. The van der Waals surface area contributed by atoms with Gasteiger partial charge in [-0.1, -0.05) is 6.07 Å². The van der Waals surface area contributed by atoms with Crippen LogP contribution in [0.2, 0.25) is 0 Å². The molecule has 1 saturated heterocycles. The molecule has 2 aromatic rings. The summed E-state index contributed by atoms with van der Waals surface area (Å²) < 4.78 is 1.67. The Balaban J connectivity index is 1.76. The van der Waals surface area contributed by atoms with Gasteiger partial charge in [-0.25, -0.2) is 0 Å². The minimum Gasteiger partial charge on any atom is -0.481 e. The van der Waals surface area contributed by atoms with Crippen LogP contribution in [0.1, 0.15) is 36.0 Å². The van der Waals surface area contributed by atoms with Gasteiger partial charge in [0.25, 0.3) is 5.91 Å². The van der Waals surface area contributed by atoms with Crippen molar-refractivity contribution in [2.24, 2.45) is 13.0 Å². The van der Waals surface area contributed by atoms with Crippen molar-refractivity contribution in [2.75, 3.05) is 13.1 Å². The van der Waals surface area contributed by atoms with Gasteiger partial charge in [-0.2, -0.15) is 5.10 Å². The number of aliphatic carboxylic acids is 1. The molecule has 6 nitrogen and oxygen atoms in total. The van der Waals surface area contributed by atoms with E-state index in [1.165, 1.54) is 0 Å². The SMILES string of the molecule is Cn1cc(C(=O)N2CCCC(CCC(=O)O)C2)c(-c2cccs2)n1. The molecular weight excluding hydrogens is 326 g/mol. The van der Waals surface area contributed by atoms with Crippen LogP contribution >= 0.6 is 11.3 Å². The van der Waals surface area contributed by atoms with E-state index in [2.05, 4.69) is 5.10 Å². The number of carboxylic acids is 1. The van der Waals surface area contributed by atoms with Crippen LogP contribution in [0.5, 0.6) is 0 Å². The van der Waals surface area contributed by atoms with Crippen molar-refractivity contribution < 1.29 is 14.7 Å². The number of hydrogen-bond acceptors (Lipinski definition) is 4. The summed E-state index contributed by atoms with van der Waals surface area (Å²) >= 11 is 1.57. The molecule has 1 aliphatic heterocycles. The fourth-order valence-corrected chi connectivity index (χ4v) is 3.95. The van der Waals surface area contributed by atoms with Crippen LogP contribution in [0.3, 0.4) is 0 Å². The summed E-state index contributed by atoms with van der Waals surface area (Å²) in [6.45, 7) is 1.35. The molecular formula is C17H21N3O3S. The summed E-state index contributed by atoms with van der Waals surface area (Å²) in [5.74, 6) is -0.516. The molecule has 0 aromatic carbocycles. The third-order valence-corrected chi connectivity index (χ3v) is 5.26. The lowest BCUT2D eigenvalue weighted by Gasteiger charge is -2.32. The standard InChI is InChI=1S/C17H21N3O3S/c1-19-11-13(16(18-19)14-5-3-9-24-14)17(23)20-8-2-4-12(10-20)6-7-15(21)22/h3,5,9,11-12H,2,4,6-8,10H2,1H3,(H,21,22). The third kappa shape index (κ3) is 3.67. The lowest BCUT2D eigenvalue weighted by atomic mass is 9.93. The molecule has 7 heteroatoms. The molecule has 0 aliphatic carbocycles. The molecule has 0 spiro atoms. The first-order valence-corrected chi connectivity index (χ1v) is 9.01. The zero-order valence-corrected chi connectivity index (χ0v) is 14.5. The van der Waals surface area contributed by atoms with Crippen molar-refractivity contribution in [1.29, 1.82) is 0 Å². The second-order valence-electron chi connectivity index (χ2n) is 6.23. The van der Waals surface area contributed by atoms with Gasteiger partial charge >= 0.3 is 5.97 Å². The second-order valence-corrected chi connectivity index (χ2v) is 7.18. The maximum absolute atomic E-state index is 13.0. The van der Waals surface area contributed by atoms with Gasteiger partial charge in [-0.05, 0) is 36.6 Å². The Morgan fingerprint density at radius 1 is 1.46 bits per heavy atom. The van der Waals surface area contributed by atoms with E-state index < -0.39 is 5.97 Å². The van der Waals surface area contributed by atoms with Gasteiger partial charge in [-0.3, -0.25) is 14.3 Å². The first-order valence-electron chi connectivity index (χ1n) is 8.13. The largest absolute Gasteiger partial charge is 0.481 e.